The van der Waals surface area contributed by atoms with E-state index in [1.807, 2.05) is 25.1 Å². The van der Waals surface area contributed by atoms with E-state index >= 15 is 0 Å². The Balaban J connectivity index is 3.14. The molecular weight excluding hydrogens is 222 g/mol. The van der Waals surface area contributed by atoms with Crippen molar-refractivity contribution in [3.05, 3.63) is 28.2 Å². The lowest BCUT2D eigenvalue weighted by molar-refractivity contribution is 1.40. The van der Waals surface area contributed by atoms with Crippen molar-refractivity contribution < 1.29 is 0 Å². The molecule has 0 atom stereocenters. The average molecular weight is 228 g/mol. The van der Waals surface area contributed by atoms with Gasteiger partial charge in [0.05, 0.1) is 10.8 Å². The summed E-state index contributed by atoms with van der Waals surface area (Å²) in [7, 11) is 0. The molecule has 0 radical (unpaired) electrons. The lowest BCUT2D eigenvalue weighted by atomic mass is 10.2. The summed E-state index contributed by atoms with van der Waals surface area (Å²) < 4.78 is 1.08. The first-order valence-electron chi connectivity index (χ1n) is 3.08. The summed E-state index contributed by atoms with van der Waals surface area (Å²) in [5.74, 6) is 0. The standard InChI is InChI=1S/C8H6BrNS/c1-6-4-7(10-5-11)2-3-8(6)9/h2-4H,1H3. The van der Waals surface area contributed by atoms with Gasteiger partial charge in [0.15, 0.2) is 0 Å². The van der Waals surface area contributed by atoms with Crippen LogP contribution in [-0.2, 0) is 0 Å². The number of rotatable bonds is 1. The van der Waals surface area contributed by atoms with Crippen LogP contribution in [0.5, 0.6) is 0 Å². The summed E-state index contributed by atoms with van der Waals surface area (Å²) in [6.45, 7) is 2.01. The van der Waals surface area contributed by atoms with Gasteiger partial charge in [0, 0.05) is 4.47 Å². The Bertz CT molecular complexity index is 316. The summed E-state index contributed by atoms with van der Waals surface area (Å²) in [5, 5.41) is 2.32. The minimum atomic E-state index is 0.848. The normalized spacial score (nSPS) is 8.91. The monoisotopic (exact) mass is 227 g/mol. The van der Waals surface area contributed by atoms with Crippen LogP contribution >= 0.6 is 28.1 Å². The molecule has 0 N–H and O–H groups in total. The molecule has 0 spiro atoms. The van der Waals surface area contributed by atoms with Crippen molar-refractivity contribution in [1.29, 1.82) is 0 Å². The van der Waals surface area contributed by atoms with Crippen molar-refractivity contribution in [2.75, 3.05) is 0 Å². The van der Waals surface area contributed by atoms with Gasteiger partial charge in [-0.15, -0.1) is 0 Å². The zero-order valence-electron chi connectivity index (χ0n) is 5.97. The number of halogens is 1. The van der Waals surface area contributed by atoms with Crippen LogP contribution in [0.3, 0.4) is 0 Å². The molecule has 0 aliphatic carbocycles. The van der Waals surface area contributed by atoms with Gasteiger partial charge in [0.25, 0.3) is 0 Å². The van der Waals surface area contributed by atoms with Gasteiger partial charge in [-0.2, -0.15) is 4.99 Å². The van der Waals surface area contributed by atoms with Crippen LogP contribution in [0.1, 0.15) is 5.56 Å². The van der Waals surface area contributed by atoms with Crippen LogP contribution in [-0.4, -0.2) is 5.16 Å². The van der Waals surface area contributed by atoms with Crippen LogP contribution in [0.2, 0.25) is 0 Å². The zero-order chi connectivity index (χ0) is 8.27. The van der Waals surface area contributed by atoms with E-state index in [9.17, 15) is 0 Å². The molecule has 1 aromatic carbocycles. The number of thiocarbonyl (C=S) groups is 1. The summed E-state index contributed by atoms with van der Waals surface area (Å²) in [4.78, 5) is 3.85. The molecule has 1 aromatic rings. The molecule has 0 unspecified atom stereocenters. The Morgan fingerprint density at radius 1 is 1.55 bits per heavy atom. The van der Waals surface area contributed by atoms with Crippen molar-refractivity contribution >= 4 is 39.0 Å². The highest BCUT2D eigenvalue weighted by Crippen LogP contribution is 2.21. The molecular formula is C8H6BrNS. The number of aliphatic imine (C=N–C) groups is 1. The molecule has 0 aliphatic rings. The van der Waals surface area contributed by atoms with Crippen molar-refractivity contribution in [3.63, 3.8) is 0 Å². The highest BCUT2D eigenvalue weighted by molar-refractivity contribution is 9.10. The molecule has 0 bridgehead atoms. The Hall–Kier alpha value is -0.500. The number of hydrogen-bond acceptors (Lipinski definition) is 2. The summed E-state index contributed by atoms with van der Waals surface area (Å²) in [6, 6.07) is 5.78. The van der Waals surface area contributed by atoms with Gasteiger partial charge >= 0.3 is 0 Å². The lowest BCUT2D eigenvalue weighted by Crippen LogP contribution is -1.72. The van der Waals surface area contributed by atoms with E-state index in [1.165, 1.54) is 0 Å². The summed E-state index contributed by atoms with van der Waals surface area (Å²) in [6.07, 6.45) is 0. The van der Waals surface area contributed by atoms with Crippen LogP contribution < -0.4 is 0 Å². The number of hydrogen-bond donors (Lipinski definition) is 0. The number of benzene rings is 1. The fourth-order valence-corrected chi connectivity index (χ4v) is 1.10. The van der Waals surface area contributed by atoms with E-state index in [0.29, 0.717) is 0 Å². The zero-order valence-corrected chi connectivity index (χ0v) is 8.37. The molecule has 0 heterocycles. The minimum absolute atomic E-state index is 0.848. The maximum Gasteiger partial charge on any atom is 0.0742 e. The molecule has 3 heteroatoms. The first-order valence-corrected chi connectivity index (χ1v) is 4.28. The molecule has 0 aliphatic heterocycles. The maximum absolute atomic E-state index is 4.48. The van der Waals surface area contributed by atoms with Crippen LogP contribution in [0, 0.1) is 6.92 Å². The summed E-state index contributed by atoms with van der Waals surface area (Å²) >= 11 is 7.87. The first-order chi connectivity index (χ1) is 5.24. The van der Waals surface area contributed by atoms with Gasteiger partial charge in [0.1, 0.15) is 0 Å². The summed E-state index contributed by atoms with van der Waals surface area (Å²) in [5.41, 5.74) is 2.00. The predicted octanol–water partition coefficient (Wildman–Crippen LogP) is 3.49. The minimum Gasteiger partial charge on any atom is -0.195 e. The molecule has 0 aromatic heterocycles. The van der Waals surface area contributed by atoms with E-state index in [4.69, 9.17) is 0 Å². The van der Waals surface area contributed by atoms with Crippen LogP contribution in [0.15, 0.2) is 27.7 Å². The molecule has 0 amide bonds. The van der Waals surface area contributed by atoms with E-state index in [-0.39, 0.29) is 0 Å². The third-order valence-corrected chi connectivity index (χ3v) is 2.30. The van der Waals surface area contributed by atoms with E-state index in [0.717, 1.165) is 15.7 Å². The molecule has 1 rings (SSSR count). The third-order valence-electron chi connectivity index (χ3n) is 1.32. The second kappa shape index (κ2) is 3.77. The van der Waals surface area contributed by atoms with Crippen LogP contribution in [0.4, 0.5) is 5.69 Å². The van der Waals surface area contributed by atoms with E-state index < -0.39 is 0 Å². The molecule has 11 heavy (non-hydrogen) atoms. The van der Waals surface area contributed by atoms with E-state index in [2.05, 4.69) is 38.3 Å². The van der Waals surface area contributed by atoms with E-state index in [1.54, 1.807) is 0 Å². The van der Waals surface area contributed by atoms with Gasteiger partial charge in [0.2, 0.25) is 0 Å². The van der Waals surface area contributed by atoms with Crippen molar-refractivity contribution in [3.8, 4) is 0 Å². The topological polar surface area (TPSA) is 12.4 Å². The third kappa shape index (κ3) is 2.22. The van der Waals surface area contributed by atoms with Crippen molar-refractivity contribution in [2.45, 2.75) is 6.92 Å². The maximum atomic E-state index is 4.48. The average Bonchev–Trinajstić information content (AvgIpc) is 1.98. The Morgan fingerprint density at radius 3 is 2.82 bits per heavy atom. The van der Waals surface area contributed by atoms with Crippen molar-refractivity contribution in [1.82, 2.24) is 0 Å². The van der Waals surface area contributed by atoms with Gasteiger partial charge in [-0.25, -0.2) is 0 Å². The fraction of sp³-hybridized carbons (Fsp3) is 0.125. The second-order valence-corrected chi connectivity index (χ2v) is 3.17. The quantitative estimate of drug-likeness (QED) is 0.529. The van der Waals surface area contributed by atoms with Gasteiger partial charge < -0.3 is 0 Å². The fourth-order valence-electron chi connectivity index (χ4n) is 0.751. The highest BCUT2D eigenvalue weighted by atomic mass is 79.9. The second-order valence-electron chi connectivity index (χ2n) is 2.14. The highest BCUT2D eigenvalue weighted by Gasteiger charge is 1.93. The molecule has 0 saturated heterocycles. The Kier molecular flexibility index (Phi) is 2.94. The number of isothiocyanates is 1. The van der Waals surface area contributed by atoms with Gasteiger partial charge in [-0.1, -0.05) is 15.9 Å². The molecule has 1 nitrogen and oxygen atoms in total. The first kappa shape index (κ1) is 8.60. The molecule has 0 saturated carbocycles. The Labute approximate surface area is 79.3 Å². The molecule has 0 fully saturated rings. The molecule has 56 valence electrons. The van der Waals surface area contributed by atoms with Crippen LogP contribution in [0.25, 0.3) is 0 Å². The SMILES string of the molecule is Cc1cc(N=C=S)ccc1Br. The Morgan fingerprint density at radius 2 is 2.27 bits per heavy atom. The van der Waals surface area contributed by atoms with Crippen molar-refractivity contribution in [2.24, 2.45) is 4.99 Å². The largest absolute Gasteiger partial charge is 0.195 e. The number of nitrogens with zero attached hydrogens (tertiary/aromatic N) is 1. The number of aryl methyl sites for hydroxylation is 1. The van der Waals surface area contributed by atoms with Gasteiger partial charge in [-0.05, 0) is 42.9 Å². The smallest absolute Gasteiger partial charge is 0.0742 e. The predicted molar refractivity (Wildman–Crippen MR) is 53.6 cm³/mol. The van der Waals surface area contributed by atoms with Gasteiger partial charge in [-0.3, -0.25) is 0 Å². The lowest BCUT2D eigenvalue weighted by Gasteiger charge is -1.96.